The number of pyridine rings is 1. The number of benzene rings is 2. The van der Waals surface area contributed by atoms with E-state index >= 15 is 0 Å². The molecule has 1 heterocycles. The molecule has 1 aromatic heterocycles. The van der Waals surface area contributed by atoms with Crippen LogP contribution in [0.2, 0.25) is 0 Å². The minimum atomic E-state index is -0.698. The Hall–Kier alpha value is -3.01. The van der Waals surface area contributed by atoms with Crippen LogP contribution < -0.4 is 4.74 Å². The second-order valence-corrected chi connectivity index (χ2v) is 8.50. The number of ether oxygens (including phenoxy) is 1. The van der Waals surface area contributed by atoms with E-state index in [1.54, 1.807) is 18.2 Å². The molecule has 174 valence electrons. The quantitative estimate of drug-likeness (QED) is 0.161. The van der Waals surface area contributed by atoms with Crippen LogP contribution in [0.5, 0.6) is 5.75 Å². The second-order valence-electron chi connectivity index (χ2n) is 8.50. The molecule has 0 radical (unpaired) electrons. The molecule has 0 bridgehead atoms. The van der Waals surface area contributed by atoms with Crippen molar-refractivity contribution in [1.29, 1.82) is 0 Å². The number of esters is 1. The van der Waals surface area contributed by atoms with Gasteiger partial charge in [0.15, 0.2) is 0 Å². The third-order valence-corrected chi connectivity index (χ3v) is 5.92. The largest absolute Gasteiger partial charge is 0.423 e. The summed E-state index contributed by atoms with van der Waals surface area (Å²) in [5, 5.41) is 0. The molecule has 0 unspecified atom stereocenters. The molecular formula is C29H34FNO2. The fourth-order valence-corrected chi connectivity index (χ4v) is 3.83. The molecular weight excluding hydrogens is 413 g/mol. The van der Waals surface area contributed by atoms with Crippen LogP contribution >= 0.6 is 0 Å². The second kappa shape index (κ2) is 12.9. The molecule has 0 N–H and O–H groups in total. The number of hydrogen-bond donors (Lipinski definition) is 0. The van der Waals surface area contributed by atoms with Crippen LogP contribution in [0.15, 0.2) is 60.8 Å². The molecule has 3 rings (SSSR count). The lowest BCUT2D eigenvalue weighted by Crippen LogP contribution is -2.11. The van der Waals surface area contributed by atoms with E-state index in [1.165, 1.54) is 62.6 Å². The van der Waals surface area contributed by atoms with Gasteiger partial charge in [-0.05, 0) is 72.9 Å². The summed E-state index contributed by atoms with van der Waals surface area (Å²) in [6.45, 7) is 4.18. The molecule has 33 heavy (non-hydrogen) atoms. The minimum Gasteiger partial charge on any atom is -0.423 e. The topological polar surface area (TPSA) is 39.2 Å². The van der Waals surface area contributed by atoms with Crippen molar-refractivity contribution in [3.63, 3.8) is 0 Å². The van der Waals surface area contributed by atoms with Gasteiger partial charge in [0.2, 0.25) is 0 Å². The highest BCUT2D eigenvalue weighted by molar-refractivity contribution is 5.91. The molecule has 0 saturated heterocycles. The van der Waals surface area contributed by atoms with Crippen molar-refractivity contribution in [1.82, 2.24) is 4.98 Å². The maximum atomic E-state index is 14.2. The highest BCUT2D eigenvalue weighted by atomic mass is 19.1. The van der Waals surface area contributed by atoms with Gasteiger partial charge in [0, 0.05) is 11.8 Å². The Kier molecular flexibility index (Phi) is 9.61. The van der Waals surface area contributed by atoms with Gasteiger partial charge in [-0.2, -0.15) is 0 Å². The van der Waals surface area contributed by atoms with Crippen LogP contribution in [0.3, 0.4) is 0 Å². The number of nitrogens with zero attached hydrogens (tertiary/aromatic N) is 1. The van der Waals surface area contributed by atoms with Gasteiger partial charge in [-0.15, -0.1) is 0 Å². The molecule has 0 amide bonds. The van der Waals surface area contributed by atoms with E-state index in [0.29, 0.717) is 12.2 Å². The standard InChI is InChI=1S/C29H34FNO2/c1-3-5-6-7-8-9-10-11-23-13-19-28(31-21-23)24-14-16-25(17-15-24)33-29(32)26-18-12-22(4-2)20-27(26)30/h12-21H,3-11H2,1-2H3. The minimum absolute atomic E-state index is 0.0607. The van der Waals surface area contributed by atoms with Crippen molar-refractivity contribution in [3.05, 3.63) is 83.3 Å². The molecule has 0 fully saturated rings. The number of carbonyl (C=O) groups excluding carboxylic acids is 1. The number of rotatable bonds is 12. The van der Waals surface area contributed by atoms with E-state index < -0.39 is 11.8 Å². The Morgan fingerprint density at radius 3 is 2.18 bits per heavy atom. The van der Waals surface area contributed by atoms with Crippen LogP contribution in [0.4, 0.5) is 4.39 Å². The Labute approximate surface area is 197 Å². The summed E-state index contributed by atoms with van der Waals surface area (Å²) in [6.07, 6.45) is 12.9. The number of aromatic nitrogens is 1. The molecule has 3 aromatic rings. The Bertz CT molecular complexity index is 1010. The van der Waals surface area contributed by atoms with Crippen LogP contribution in [0.1, 0.15) is 80.3 Å². The summed E-state index contributed by atoms with van der Waals surface area (Å²) in [6, 6.07) is 15.9. The molecule has 0 aliphatic rings. The van der Waals surface area contributed by atoms with Crippen molar-refractivity contribution >= 4 is 5.97 Å². The van der Waals surface area contributed by atoms with Crippen LogP contribution in [-0.4, -0.2) is 11.0 Å². The molecule has 0 atom stereocenters. The Morgan fingerprint density at radius 1 is 0.848 bits per heavy atom. The third-order valence-electron chi connectivity index (χ3n) is 5.92. The summed E-state index contributed by atoms with van der Waals surface area (Å²) in [5.41, 5.74) is 3.85. The smallest absolute Gasteiger partial charge is 0.346 e. The fraction of sp³-hybridized carbons (Fsp3) is 0.379. The average molecular weight is 448 g/mol. The first-order valence-electron chi connectivity index (χ1n) is 12.2. The predicted octanol–water partition coefficient (Wildman–Crippen LogP) is 7.96. The van der Waals surface area contributed by atoms with Crippen molar-refractivity contribution in [3.8, 4) is 17.0 Å². The van der Waals surface area contributed by atoms with Gasteiger partial charge in [0.25, 0.3) is 0 Å². The molecule has 0 aliphatic carbocycles. The SMILES string of the molecule is CCCCCCCCCc1ccc(-c2ccc(OC(=O)c3ccc(CC)cc3F)cc2)nc1. The van der Waals surface area contributed by atoms with Gasteiger partial charge >= 0.3 is 5.97 Å². The van der Waals surface area contributed by atoms with Crippen LogP contribution in [-0.2, 0) is 12.8 Å². The van der Waals surface area contributed by atoms with Gasteiger partial charge < -0.3 is 4.74 Å². The zero-order chi connectivity index (χ0) is 23.5. The van der Waals surface area contributed by atoms with Gasteiger partial charge in [0.1, 0.15) is 11.6 Å². The van der Waals surface area contributed by atoms with E-state index in [2.05, 4.69) is 18.0 Å². The lowest BCUT2D eigenvalue weighted by atomic mass is 10.0. The molecule has 3 nitrogen and oxygen atoms in total. The summed E-state index contributed by atoms with van der Waals surface area (Å²) in [5.74, 6) is -0.884. The van der Waals surface area contributed by atoms with Gasteiger partial charge in [-0.1, -0.05) is 64.5 Å². The molecule has 2 aromatic carbocycles. The fourth-order valence-electron chi connectivity index (χ4n) is 3.83. The number of aryl methyl sites for hydroxylation is 2. The van der Waals surface area contributed by atoms with E-state index in [-0.39, 0.29) is 5.56 Å². The predicted molar refractivity (Wildman–Crippen MR) is 132 cm³/mol. The normalized spacial score (nSPS) is 10.9. The van der Waals surface area contributed by atoms with Gasteiger partial charge in [-0.3, -0.25) is 4.98 Å². The zero-order valence-electron chi connectivity index (χ0n) is 19.8. The highest BCUT2D eigenvalue weighted by Gasteiger charge is 2.14. The molecule has 0 saturated carbocycles. The monoisotopic (exact) mass is 447 g/mol. The zero-order valence-corrected chi connectivity index (χ0v) is 19.8. The third kappa shape index (κ3) is 7.52. The van der Waals surface area contributed by atoms with Crippen molar-refractivity contribution < 1.29 is 13.9 Å². The van der Waals surface area contributed by atoms with Crippen LogP contribution in [0, 0.1) is 5.82 Å². The summed E-state index contributed by atoms with van der Waals surface area (Å²) in [4.78, 5) is 16.9. The van der Waals surface area contributed by atoms with E-state index in [9.17, 15) is 9.18 Å². The van der Waals surface area contributed by atoms with Gasteiger partial charge in [-0.25, -0.2) is 9.18 Å². The number of hydrogen-bond acceptors (Lipinski definition) is 3. The number of unbranched alkanes of at least 4 members (excludes halogenated alkanes) is 6. The van der Waals surface area contributed by atoms with Crippen molar-refractivity contribution in [2.45, 2.75) is 71.6 Å². The highest BCUT2D eigenvalue weighted by Crippen LogP contribution is 2.23. The average Bonchev–Trinajstić information content (AvgIpc) is 2.84. The van der Waals surface area contributed by atoms with E-state index in [1.807, 2.05) is 31.3 Å². The lowest BCUT2D eigenvalue weighted by Gasteiger charge is -2.08. The van der Waals surface area contributed by atoms with Gasteiger partial charge in [0.05, 0.1) is 11.3 Å². The van der Waals surface area contributed by atoms with Crippen LogP contribution in [0.25, 0.3) is 11.3 Å². The van der Waals surface area contributed by atoms with Crippen molar-refractivity contribution in [2.24, 2.45) is 0 Å². The molecule has 4 heteroatoms. The number of carbonyl (C=O) groups is 1. The van der Waals surface area contributed by atoms with Crippen molar-refractivity contribution in [2.75, 3.05) is 0 Å². The lowest BCUT2D eigenvalue weighted by molar-refractivity contribution is 0.0730. The van der Waals surface area contributed by atoms with E-state index in [0.717, 1.165) is 23.2 Å². The number of halogens is 1. The molecule has 0 spiro atoms. The first kappa shape index (κ1) is 24.6. The maximum absolute atomic E-state index is 14.2. The summed E-state index contributed by atoms with van der Waals surface area (Å²) >= 11 is 0. The maximum Gasteiger partial charge on any atom is 0.346 e. The molecule has 0 aliphatic heterocycles. The Morgan fingerprint density at radius 2 is 1.55 bits per heavy atom. The summed E-state index contributed by atoms with van der Waals surface area (Å²) < 4.78 is 19.5. The first-order chi connectivity index (χ1) is 16.1. The van der Waals surface area contributed by atoms with E-state index in [4.69, 9.17) is 4.74 Å². The Balaban J connectivity index is 1.51. The first-order valence-corrected chi connectivity index (χ1v) is 12.2. The summed E-state index contributed by atoms with van der Waals surface area (Å²) in [7, 11) is 0.